The topological polar surface area (TPSA) is 61.9 Å². The van der Waals surface area contributed by atoms with Crippen LogP contribution in [0.2, 0.25) is 0 Å². The molecule has 1 aromatic heterocycles. The van der Waals surface area contributed by atoms with E-state index >= 15 is 0 Å². The Morgan fingerprint density at radius 3 is 2.42 bits per heavy atom. The molecule has 0 N–H and O–H groups in total. The van der Waals surface area contributed by atoms with Crippen molar-refractivity contribution in [3.05, 3.63) is 47.3 Å². The normalized spacial score (nSPS) is 36.0. The van der Waals surface area contributed by atoms with Gasteiger partial charge < -0.3 is 4.90 Å². The zero-order valence-corrected chi connectivity index (χ0v) is 21.2. The number of nitriles is 1. The Labute approximate surface area is 212 Å². The van der Waals surface area contributed by atoms with Gasteiger partial charge in [0.15, 0.2) is 0 Å². The number of rotatable bonds is 7. The highest BCUT2D eigenvalue weighted by molar-refractivity contribution is 5.94. The number of halogens is 1. The van der Waals surface area contributed by atoms with Gasteiger partial charge in [-0.2, -0.15) is 10.4 Å². The largest absolute Gasteiger partial charge is 0.312 e. The Kier molecular flexibility index (Phi) is 4.65. The Bertz CT molecular complexity index is 1240. The number of carbonyl (C=O) groups is 1. The molecule has 2 aromatic rings. The molecule has 0 unspecified atom stereocenters. The summed E-state index contributed by atoms with van der Waals surface area (Å²) < 4.78 is 16.3. The van der Waals surface area contributed by atoms with Gasteiger partial charge in [0.1, 0.15) is 5.67 Å². The smallest absolute Gasteiger partial charge is 0.227 e. The molecular formula is C30H35FN4O. The van der Waals surface area contributed by atoms with Crippen molar-refractivity contribution in [2.45, 2.75) is 94.1 Å². The molecule has 7 fully saturated rings. The van der Waals surface area contributed by atoms with Gasteiger partial charge in [-0.05, 0) is 106 Å². The Hall–Kier alpha value is -2.68. The van der Waals surface area contributed by atoms with Crippen LogP contribution in [-0.2, 0) is 17.3 Å². The molecule has 188 valence electrons. The van der Waals surface area contributed by atoms with Crippen LogP contribution < -0.4 is 4.90 Å². The third kappa shape index (κ3) is 3.45. The molecule has 7 aliphatic carbocycles. The van der Waals surface area contributed by atoms with Crippen LogP contribution >= 0.6 is 0 Å². The predicted molar refractivity (Wildman–Crippen MR) is 135 cm³/mol. The lowest BCUT2D eigenvalue weighted by Crippen LogP contribution is -2.65. The maximum absolute atomic E-state index is 14.2. The minimum atomic E-state index is -0.994. The highest BCUT2D eigenvalue weighted by Gasteiger charge is 2.69. The van der Waals surface area contributed by atoms with Crippen LogP contribution in [0.3, 0.4) is 0 Å². The molecule has 5 nitrogen and oxygen atoms in total. The number of nitrogens with zero attached hydrogens (tertiary/aromatic N) is 4. The second-order valence-corrected chi connectivity index (χ2v) is 13.1. The molecule has 0 atom stereocenters. The number of hydrogen-bond donors (Lipinski definition) is 0. The molecule has 6 heteroatoms. The van der Waals surface area contributed by atoms with Crippen LogP contribution in [0, 0.1) is 22.2 Å². The summed E-state index contributed by atoms with van der Waals surface area (Å²) in [4.78, 5) is 15.7. The highest BCUT2D eigenvalue weighted by atomic mass is 19.1. The standard InChI is InChI=1S/C30H35FN4O/c1-34-25(14-24(33-34)22-5-6-22)29-10-7-27(8-11-29,9-12-29)20-35(23-4-2-3-21(13-23)16-32)26(36)15-28-17-30(31,18-28)19-28/h2-4,13-14,22H,5-12,15,17-20H2,1H3. The van der Waals surface area contributed by atoms with E-state index in [9.17, 15) is 14.4 Å². The Morgan fingerprint density at radius 1 is 1.11 bits per heavy atom. The molecule has 1 aromatic carbocycles. The van der Waals surface area contributed by atoms with Gasteiger partial charge >= 0.3 is 0 Å². The first kappa shape index (κ1) is 22.5. The fourth-order valence-corrected chi connectivity index (χ4v) is 8.32. The van der Waals surface area contributed by atoms with Crippen molar-refractivity contribution in [3.8, 4) is 6.07 Å². The van der Waals surface area contributed by atoms with E-state index in [2.05, 4.69) is 23.9 Å². The minimum Gasteiger partial charge on any atom is -0.312 e. The van der Waals surface area contributed by atoms with Crippen molar-refractivity contribution < 1.29 is 9.18 Å². The molecule has 0 aliphatic heterocycles. The third-order valence-electron chi connectivity index (χ3n) is 10.5. The predicted octanol–water partition coefficient (Wildman–Crippen LogP) is 6.08. The number of alkyl halides is 1. The number of anilines is 1. The van der Waals surface area contributed by atoms with Crippen molar-refractivity contribution in [3.63, 3.8) is 0 Å². The van der Waals surface area contributed by atoms with Gasteiger partial charge in [0, 0.05) is 42.7 Å². The van der Waals surface area contributed by atoms with Gasteiger partial charge in [-0.3, -0.25) is 9.48 Å². The zero-order valence-electron chi connectivity index (χ0n) is 21.2. The van der Waals surface area contributed by atoms with Crippen molar-refractivity contribution in [2.75, 3.05) is 11.4 Å². The number of aryl methyl sites for hydroxylation is 1. The molecule has 0 saturated heterocycles. The molecule has 7 saturated carbocycles. The van der Waals surface area contributed by atoms with E-state index in [1.54, 1.807) is 6.07 Å². The first-order chi connectivity index (χ1) is 17.2. The summed E-state index contributed by atoms with van der Waals surface area (Å²) in [5.74, 6) is 0.772. The van der Waals surface area contributed by atoms with Crippen molar-refractivity contribution in [1.29, 1.82) is 5.26 Å². The first-order valence-electron chi connectivity index (χ1n) is 13.8. The summed E-state index contributed by atoms with van der Waals surface area (Å²) in [6, 6.07) is 12.1. The van der Waals surface area contributed by atoms with Crippen LogP contribution in [0.1, 0.15) is 99.9 Å². The fourth-order valence-electron chi connectivity index (χ4n) is 8.32. The Balaban J connectivity index is 1.12. The van der Waals surface area contributed by atoms with Gasteiger partial charge in [-0.1, -0.05) is 6.07 Å². The summed E-state index contributed by atoms with van der Waals surface area (Å²) >= 11 is 0. The third-order valence-corrected chi connectivity index (χ3v) is 10.5. The van der Waals surface area contributed by atoms with E-state index in [-0.39, 0.29) is 22.2 Å². The summed E-state index contributed by atoms with van der Waals surface area (Å²) in [7, 11) is 2.11. The number of benzene rings is 1. The van der Waals surface area contributed by atoms with Crippen molar-refractivity contribution in [1.82, 2.24) is 9.78 Å². The van der Waals surface area contributed by atoms with Crippen molar-refractivity contribution in [2.24, 2.45) is 17.9 Å². The fraction of sp³-hybridized carbons (Fsp3) is 0.633. The van der Waals surface area contributed by atoms with Gasteiger partial charge in [0.25, 0.3) is 0 Å². The average molecular weight is 487 g/mol. The van der Waals surface area contributed by atoms with E-state index in [0.717, 1.165) is 44.2 Å². The molecule has 1 amide bonds. The lowest BCUT2D eigenvalue weighted by molar-refractivity contribution is -0.215. The molecule has 7 aliphatic rings. The summed E-state index contributed by atoms with van der Waals surface area (Å²) in [6.07, 6.45) is 11.4. The second-order valence-electron chi connectivity index (χ2n) is 13.1. The van der Waals surface area contributed by atoms with E-state index < -0.39 is 5.67 Å². The van der Waals surface area contributed by atoms with Gasteiger partial charge in [-0.25, -0.2) is 4.39 Å². The lowest BCUT2D eigenvalue weighted by Gasteiger charge is -2.66. The summed E-state index contributed by atoms with van der Waals surface area (Å²) in [5.41, 5.74) is 3.29. The molecular weight excluding hydrogens is 451 g/mol. The SMILES string of the molecule is Cn1nc(C2CC2)cc1C12CCC(CN(C(=O)CC34CC(F)(C3)C4)c3cccc(C#N)c3)(CC1)CC2. The summed E-state index contributed by atoms with van der Waals surface area (Å²) in [6.45, 7) is 0.701. The molecule has 1 heterocycles. The number of amides is 1. The number of hydrogen-bond acceptors (Lipinski definition) is 3. The first-order valence-corrected chi connectivity index (χ1v) is 13.8. The van der Waals surface area contributed by atoms with E-state index in [1.807, 2.05) is 23.1 Å². The quantitative estimate of drug-likeness (QED) is 0.477. The number of aromatic nitrogens is 2. The molecule has 9 rings (SSSR count). The maximum Gasteiger partial charge on any atom is 0.227 e. The number of fused-ring (bicyclic) bond motifs is 3. The van der Waals surface area contributed by atoms with Crippen LogP contribution in [0.4, 0.5) is 10.1 Å². The van der Waals surface area contributed by atoms with Crippen molar-refractivity contribution >= 4 is 11.6 Å². The zero-order chi connectivity index (χ0) is 24.8. The average Bonchev–Trinajstić information content (AvgIpc) is 3.63. The molecule has 0 radical (unpaired) electrons. The Morgan fingerprint density at radius 2 is 1.81 bits per heavy atom. The van der Waals surface area contributed by atoms with Crippen LogP contribution in [-0.4, -0.2) is 27.9 Å². The van der Waals surface area contributed by atoms with Crippen LogP contribution in [0.15, 0.2) is 30.3 Å². The second kappa shape index (κ2) is 7.43. The van der Waals surface area contributed by atoms with E-state index in [0.29, 0.717) is 43.7 Å². The van der Waals surface area contributed by atoms with E-state index in [1.165, 1.54) is 24.2 Å². The molecule has 4 bridgehead atoms. The van der Waals surface area contributed by atoms with Gasteiger partial charge in [-0.15, -0.1) is 0 Å². The monoisotopic (exact) mass is 486 g/mol. The van der Waals surface area contributed by atoms with Gasteiger partial charge in [0.05, 0.1) is 17.3 Å². The van der Waals surface area contributed by atoms with Crippen LogP contribution in [0.25, 0.3) is 0 Å². The highest BCUT2D eigenvalue weighted by Crippen LogP contribution is 2.71. The number of carbonyl (C=O) groups excluding carboxylic acids is 1. The maximum atomic E-state index is 14.2. The van der Waals surface area contributed by atoms with Gasteiger partial charge in [0.2, 0.25) is 5.91 Å². The molecule has 0 spiro atoms. The summed E-state index contributed by atoms with van der Waals surface area (Å²) in [5, 5.41) is 14.3. The van der Waals surface area contributed by atoms with E-state index in [4.69, 9.17) is 5.10 Å². The lowest BCUT2D eigenvalue weighted by atomic mass is 9.41. The minimum absolute atomic E-state index is 0.101. The molecule has 36 heavy (non-hydrogen) atoms. The van der Waals surface area contributed by atoms with Crippen LogP contribution in [0.5, 0.6) is 0 Å².